The SMILES string of the molecule is CCOCc1ccc2c(-c3nc4ccc(N5CCC(N6CCCCC6)CC5)cc4[nH]3)n[nH]c2c1. The Morgan fingerprint density at radius 1 is 0.971 bits per heavy atom. The number of rotatable bonds is 6. The predicted molar refractivity (Wildman–Crippen MR) is 137 cm³/mol. The van der Waals surface area contributed by atoms with Crippen molar-refractivity contribution in [2.24, 2.45) is 0 Å². The Labute approximate surface area is 200 Å². The summed E-state index contributed by atoms with van der Waals surface area (Å²) in [5.74, 6) is 0.805. The van der Waals surface area contributed by atoms with E-state index in [0.29, 0.717) is 13.2 Å². The number of H-pyrrole nitrogens is 2. The minimum Gasteiger partial charge on any atom is -0.377 e. The first-order valence-electron chi connectivity index (χ1n) is 12.8. The lowest BCUT2D eigenvalue weighted by Crippen LogP contribution is -2.46. The zero-order chi connectivity index (χ0) is 22.9. The molecule has 0 aliphatic carbocycles. The predicted octanol–water partition coefficient (Wildman–Crippen LogP) is 5.10. The van der Waals surface area contributed by atoms with Crippen LogP contribution in [0.1, 0.15) is 44.6 Å². The van der Waals surface area contributed by atoms with Crippen LogP contribution < -0.4 is 4.90 Å². The lowest BCUT2D eigenvalue weighted by Gasteiger charge is -2.41. The molecule has 6 rings (SSSR count). The summed E-state index contributed by atoms with van der Waals surface area (Å²) in [6, 6.07) is 13.7. The van der Waals surface area contributed by atoms with Crippen LogP contribution in [0, 0.1) is 0 Å². The summed E-state index contributed by atoms with van der Waals surface area (Å²) in [7, 11) is 0. The molecule has 0 amide bonds. The number of benzene rings is 2. The van der Waals surface area contributed by atoms with Crippen LogP contribution in [0.5, 0.6) is 0 Å². The minimum absolute atomic E-state index is 0.615. The molecule has 2 aliphatic rings. The summed E-state index contributed by atoms with van der Waals surface area (Å²) in [4.78, 5) is 13.6. The van der Waals surface area contributed by atoms with E-state index in [2.05, 4.69) is 61.4 Å². The number of aromatic amines is 2. The van der Waals surface area contributed by atoms with Gasteiger partial charge in [-0.2, -0.15) is 5.10 Å². The summed E-state index contributed by atoms with van der Waals surface area (Å²) >= 11 is 0. The van der Waals surface area contributed by atoms with Crippen molar-refractivity contribution in [2.45, 2.75) is 51.7 Å². The second kappa shape index (κ2) is 9.39. The van der Waals surface area contributed by atoms with Gasteiger partial charge in [0.05, 0.1) is 23.2 Å². The van der Waals surface area contributed by atoms with Gasteiger partial charge in [-0.3, -0.25) is 5.10 Å². The topological polar surface area (TPSA) is 73.1 Å². The molecule has 0 unspecified atom stereocenters. The normalized spacial score (nSPS) is 18.3. The highest BCUT2D eigenvalue weighted by atomic mass is 16.5. The molecule has 2 aromatic carbocycles. The maximum atomic E-state index is 5.54. The lowest BCUT2D eigenvalue weighted by molar-refractivity contribution is 0.134. The van der Waals surface area contributed by atoms with Crippen molar-refractivity contribution >= 4 is 27.6 Å². The van der Waals surface area contributed by atoms with Crippen LogP contribution in [0.2, 0.25) is 0 Å². The zero-order valence-corrected chi connectivity index (χ0v) is 20.0. The van der Waals surface area contributed by atoms with Gasteiger partial charge in [0.25, 0.3) is 0 Å². The fraction of sp³-hybridized carbons (Fsp3) is 0.481. The largest absolute Gasteiger partial charge is 0.377 e. The van der Waals surface area contributed by atoms with E-state index in [4.69, 9.17) is 9.72 Å². The smallest absolute Gasteiger partial charge is 0.159 e. The molecule has 178 valence electrons. The molecule has 2 aliphatic heterocycles. The Bertz CT molecular complexity index is 1260. The third kappa shape index (κ3) is 4.18. The summed E-state index contributed by atoms with van der Waals surface area (Å²) in [6.45, 7) is 8.18. The van der Waals surface area contributed by atoms with Crippen LogP contribution in [0.3, 0.4) is 0 Å². The van der Waals surface area contributed by atoms with Crippen molar-refractivity contribution < 1.29 is 4.74 Å². The first-order valence-corrected chi connectivity index (χ1v) is 12.8. The molecule has 2 saturated heterocycles. The summed E-state index contributed by atoms with van der Waals surface area (Å²) < 4.78 is 5.54. The van der Waals surface area contributed by atoms with Gasteiger partial charge in [0.1, 0.15) is 5.69 Å². The van der Waals surface area contributed by atoms with Gasteiger partial charge in [-0.15, -0.1) is 0 Å². The van der Waals surface area contributed by atoms with Crippen molar-refractivity contribution in [3.63, 3.8) is 0 Å². The molecule has 7 heteroatoms. The molecule has 2 N–H and O–H groups in total. The molecule has 0 spiro atoms. The molecule has 34 heavy (non-hydrogen) atoms. The van der Waals surface area contributed by atoms with E-state index in [9.17, 15) is 0 Å². The fourth-order valence-corrected chi connectivity index (χ4v) is 5.64. The maximum absolute atomic E-state index is 5.54. The van der Waals surface area contributed by atoms with E-state index in [1.807, 2.05) is 6.92 Å². The minimum atomic E-state index is 0.615. The summed E-state index contributed by atoms with van der Waals surface area (Å²) in [5.41, 5.74) is 6.33. The lowest BCUT2D eigenvalue weighted by atomic mass is 9.99. The number of hydrogen-bond acceptors (Lipinski definition) is 5. The molecule has 0 radical (unpaired) electrons. The Morgan fingerprint density at radius 3 is 2.65 bits per heavy atom. The number of nitrogens with zero attached hydrogens (tertiary/aromatic N) is 4. The van der Waals surface area contributed by atoms with E-state index in [0.717, 1.165) is 58.1 Å². The van der Waals surface area contributed by atoms with E-state index in [1.165, 1.54) is 50.9 Å². The molecule has 0 bridgehead atoms. The van der Waals surface area contributed by atoms with Crippen molar-refractivity contribution in [3.05, 3.63) is 42.0 Å². The quantitative estimate of drug-likeness (QED) is 0.421. The highest BCUT2D eigenvalue weighted by Gasteiger charge is 2.26. The molecule has 7 nitrogen and oxygen atoms in total. The molecule has 0 atom stereocenters. The third-order valence-corrected chi connectivity index (χ3v) is 7.53. The highest BCUT2D eigenvalue weighted by molar-refractivity contribution is 5.93. The van der Waals surface area contributed by atoms with E-state index >= 15 is 0 Å². The van der Waals surface area contributed by atoms with Crippen molar-refractivity contribution in [2.75, 3.05) is 37.7 Å². The van der Waals surface area contributed by atoms with Gasteiger partial charge < -0.3 is 19.5 Å². The van der Waals surface area contributed by atoms with E-state index in [1.54, 1.807) is 0 Å². The number of piperidine rings is 2. The van der Waals surface area contributed by atoms with Gasteiger partial charge >= 0.3 is 0 Å². The zero-order valence-electron chi connectivity index (χ0n) is 20.0. The third-order valence-electron chi connectivity index (χ3n) is 7.53. The van der Waals surface area contributed by atoms with Crippen LogP contribution in [0.15, 0.2) is 36.4 Å². The van der Waals surface area contributed by atoms with Gasteiger partial charge in [-0.05, 0) is 75.5 Å². The average molecular weight is 459 g/mol. The fourth-order valence-electron chi connectivity index (χ4n) is 5.64. The van der Waals surface area contributed by atoms with Gasteiger partial charge in [-0.25, -0.2) is 4.98 Å². The number of nitrogens with one attached hydrogen (secondary N) is 2. The van der Waals surface area contributed by atoms with Gasteiger partial charge in [0.15, 0.2) is 5.82 Å². The van der Waals surface area contributed by atoms with Crippen molar-refractivity contribution in [1.29, 1.82) is 0 Å². The number of hydrogen-bond donors (Lipinski definition) is 2. The molecular formula is C27H34N6O. The first-order chi connectivity index (χ1) is 16.8. The molecule has 2 fully saturated rings. The molecule has 4 heterocycles. The van der Waals surface area contributed by atoms with Crippen molar-refractivity contribution in [3.8, 4) is 11.5 Å². The van der Waals surface area contributed by atoms with E-state index < -0.39 is 0 Å². The average Bonchev–Trinajstić information content (AvgIpc) is 3.51. The standard InChI is InChI=1S/C27H34N6O/c1-2-34-18-19-6-8-22-24(16-19)30-31-26(22)27-28-23-9-7-21(17-25(23)29-27)33-14-10-20(11-15-33)32-12-4-3-5-13-32/h6-9,16-17,20H,2-5,10-15,18H2,1H3,(H,28,29)(H,30,31). The number of anilines is 1. The van der Waals surface area contributed by atoms with Crippen LogP contribution in [-0.2, 0) is 11.3 Å². The Hall–Kier alpha value is -2.90. The van der Waals surface area contributed by atoms with Gasteiger partial charge in [-0.1, -0.05) is 18.6 Å². The van der Waals surface area contributed by atoms with Crippen LogP contribution in [0.4, 0.5) is 5.69 Å². The Kier molecular flexibility index (Phi) is 5.97. The number of likely N-dealkylation sites (tertiary alicyclic amines) is 1. The summed E-state index contributed by atoms with van der Waals surface area (Å²) in [5, 5.41) is 8.81. The van der Waals surface area contributed by atoms with Crippen LogP contribution in [-0.4, -0.2) is 63.9 Å². The maximum Gasteiger partial charge on any atom is 0.159 e. The summed E-state index contributed by atoms with van der Waals surface area (Å²) in [6.07, 6.45) is 6.68. The Balaban J connectivity index is 1.19. The number of fused-ring (bicyclic) bond motifs is 2. The van der Waals surface area contributed by atoms with Crippen LogP contribution in [0.25, 0.3) is 33.5 Å². The van der Waals surface area contributed by atoms with E-state index in [-0.39, 0.29) is 0 Å². The number of imidazole rings is 1. The molecular weight excluding hydrogens is 424 g/mol. The molecule has 4 aromatic rings. The van der Waals surface area contributed by atoms with Crippen LogP contribution >= 0.6 is 0 Å². The molecule has 2 aromatic heterocycles. The number of aromatic nitrogens is 4. The van der Waals surface area contributed by atoms with Gasteiger partial charge in [0.2, 0.25) is 0 Å². The molecule has 0 saturated carbocycles. The first kappa shape index (κ1) is 21.6. The van der Waals surface area contributed by atoms with Crippen molar-refractivity contribution in [1.82, 2.24) is 25.1 Å². The highest BCUT2D eigenvalue weighted by Crippen LogP contribution is 2.30. The number of ether oxygens (including phenoxy) is 1. The van der Waals surface area contributed by atoms with Gasteiger partial charge in [0, 0.05) is 36.8 Å². The second-order valence-corrected chi connectivity index (χ2v) is 9.69. The monoisotopic (exact) mass is 458 g/mol. The second-order valence-electron chi connectivity index (χ2n) is 9.69. The Morgan fingerprint density at radius 2 is 1.82 bits per heavy atom.